The third kappa shape index (κ3) is 2.23. The SMILES string of the molecule is Cn1cc(C(=O)C[C@@H]2CCC[C@H]2N)nn1. The number of Topliss-reactive ketones (excluding diaryl/α,β-unsaturated/α-hetero) is 1. The van der Waals surface area contributed by atoms with E-state index in [1.807, 2.05) is 0 Å². The van der Waals surface area contributed by atoms with E-state index in [9.17, 15) is 4.79 Å². The van der Waals surface area contributed by atoms with Gasteiger partial charge in [0.05, 0.1) is 6.20 Å². The van der Waals surface area contributed by atoms with Gasteiger partial charge in [0.15, 0.2) is 5.78 Å². The van der Waals surface area contributed by atoms with E-state index in [-0.39, 0.29) is 11.8 Å². The van der Waals surface area contributed by atoms with Gasteiger partial charge in [0.25, 0.3) is 0 Å². The van der Waals surface area contributed by atoms with E-state index >= 15 is 0 Å². The second-order valence-corrected chi connectivity index (χ2v) is 4.26. The maximum atomic E-state index is 11.8. The number of carbonyl (C=O) groups excluding carboxylic acids is 1. The monoisotopic (exact) mass is 208 g/mol. The summed E-state index contributed by atoms with van der Waals surface area (Å²) in [6.45, 7) is 0. The van der Waals surface area contributed by atoms with E-state index in [0.717, 1.165) is 19.3 Å². The fraction of sp³-hybridized carbons (Fsp3) is 0.700. The highest BCUT2D eigenvalue weighted by Gasteiger charge is 2.27. The molecule has 82 valence electrons. The summed E-state index contributed by atoms with van der Waals surface area (Å²) in [5.41, 5.74) is 6.37. The lowest BCUT2D eigenvalue weighted by Crippen LogP contribution is -2.26. The Labute approximate surface area is 88.6 Å². The number of hydrogen-bond donors (Lipinski definition) is 1. The Hall–Kier alpha value is -1.23. The van der Waals surface area contributed by atoms with Crippen molar-refractivity contribution >= 4 is 5.78 Å². The number of ketones is 1. The van der Waals surface area contributed by atoms with Gasteiger partial charge >= 0.3 is 0 Å². The van der Waals surface area contributed by atoms with E-state index in [2.05, 4.69) is 10.3 Å². The van der Waals surface area contributed by atoms with Gasteiger partial charge in [0.1, 0.15) is 5.69 Å². The van der Waals surface area contributed by atoms with Gasteiger partial charge in [-0.1, -0.05) is 11.6 Å². The van der Waals surface area contributed by atoms with Crippen LogP contribution in [0.2, 0.25) is 0 Å². The lowest BCUT2D eigenvalue weighted by Gasteiger charge is -2.12. The zero-order chi connectivity index (χ0) is 10.8. The first kappa shape index (κ1) is 10.3. The minimum absolute atomic E-state index is 0.0606. The molecule has 1 saturated carbocycles. The summed E-state index contributed by atoms with van der Waals surface area (Å²) in [5, 5.41) is 7.55. The fourth-order valence-electron chi connectivity index (χ4n) is 2.14. The van der Waals surface area contributed by atoms with E-state index in [0.29, 0.717) is 18.0 Å². The Morgan fingerprint density at radius 2 is 2.47 bits per heavy atom. The van der Waals surface area contributed by atoms with Crippen LogP contribution in [0.15, 0.2) is 6.20 Å². The molecular weight excluding hydrogens is 192 g/mol. The molecule has 0 spiro atoms. The average Bonchev–Trinajstić information content (AvgIpc) is 2.77. The smallest absolute Gasteiger partial charge is 0.185 e. The first-order chi connectivity index (χ1) is 7.16. The second kappa shape index (κ2) is 4.10. The highest BCUT2D eigenvalue weighted by Crippen LogP contribution is 2.27. The van der Waals surface area contributed by atoms with Crippen molar-refractivity contribution in [3.63, 3.8) is 0 Å². The second-order valence-electron chi connectivity index (χ2n) is 4.26. The van der Waals surface area contributed by atoms with E-state index < -0.39 is 0 Å². The maximum absolute atomic E-state index is 11.8. The van der Waals surface area contributed by atoms with Gasteiger partial charge in [-0.25, -0.2) is 0 Å². The van der Waals surface area contributed by atoms with Crippen LogP contribution in [0.25, 0.3) is 0 Å². The molecule has 15 heavy (non-hydrogen) atoms. The maximum Gasteiger partial charge on any atom is 0.185 e. The molecule has 2 N–H and O–H groups in total. The molecule has 1 fully saturated rings. The van der Waals surface area contributed by atoms with Gasteiger partial charge in [-0.3, -0.25) is 9.48 Å². The first-order valence-electron chi connectivity index (χ1n) is 5.32. The van der Waals surface area contributed by atoms with E-state index in [4.69, 9.17) is 5.73 Å². The minimum Gasteiger partial charge on any atom is -0.327 e. The summed E-state index contributed by atoms with van der Waals surface area (Å²) in [6, 6.07) is 0.186. The third-order valence-corrected chi connectivity index (χ3v) is 3.05. The van der Waals surface area contributed by atoms with Gasteiger partial charge in [0.2, 0.25) is 0 Å². The van der Waals surface area contributed by atoms with Crippen molar-refractivity contribution in [2.45, 2.75) is 31.7 Å². The Morgan fingerprint density at radius 3 is 3.00 bits per heavy atom. The quantitative estimate of drug-likeness (QED) is 0.735. The lowest BCUT2D eigenvalue weighted by atomic mass is 9.97. The largest absolute Gasteiger partial charge is 0.327 e. The van der Waals surface area contributed by atoms with Crippen LogP contribution < -0.4 is 5.73 Å². The van der Waals surface area contributed by atoms with Crippen molar-refractivity contribution in [3.8, 4) is 0 Å². The molecule has 0 unspecified atom stereocenters. The molecule has 1 aliphatic carbocycles. The number of carbonyl (C=O) groups is 1. The molecule has 0 radical (unpaired) electrons. The minimum atomic E-state index is 0.0606. The molecule has 2 rings (SSSR count). The molecule has 1 aromatic rings. The Morgan fingerprint density at radius 1 is 1.67 bits per heavy atom. The van der Waals surface area contributed by atoms with Crippen LogP contribution >= 0.6 is 0 Å². The highest BCUT2D eigenvalue weighted by atomic mass is 16.1. The lowest BCUT2D eigenvalue weighted by molar-refractivity contribution is 0.0953. The number of nitrogens with two attached hydrogens (primary N) is 1. The average molecular weight is 208 g/mol. The summed E-state index contributed by atoms with van der Waals surface area (Å²) < 4.78 is 1.54. The molecule has 0 saturated heterocycles. The predicted octanol–water partition coefficient (Wildman–Crippen LogP) is 0.515. The van der Waals surface area contributed by atoms with Crippen LogP contribution in [-0.4, -0.2) is 26.8 Å². The standard InChI is InChI=1S/C10H16N4O/c1-14-6-9(12-13-14)10(15)5-7-3-2-4-8(7)11/h6-8H,2-5,11H2,1H3/t7-,8+/m0/s1. The Kier molecular flexibility index (Phi) is 2.81. The van der Waals surface area contributed by atoms with Crippen molar-refractivity contribution in [3.05, 3.63) is 11.9 Å². The summed E-state index contributed by atoms with van der Waals surface area (Å²) in [6.07, 6.45) is 5.41. The van der Waals surface area contributed by atoms with Crippen LogP contribution in [0.1, 0.15) is 36.2 Å². The van der Waals surface area contributed by atoms with Crippen LogP contribution in [-0.2, 0) is 7.05 Å². The molecular formula is C10H16N4O. The zero-order valence-corrected chi connectivity index (χ0v) is 8.89. The third-order valence-electron chi connectivity index (χ3n) is 3.05. The molecule has 2 atom stereocenters. The number of aryl methyl sites for hydroxylation is 1. The molecule has 1 aromatic heterocycles. The normalized spacial score (nSPS) is 25.7. The van der Waals surface area contributed by atoms with Crippen molar-refractivity contribution < 1.29 is 4.79 Å². The molecule has 1 aliphatic rings. The number of nitrogens with zero attached hydrogens (tertiary/aromatic N) is 3. The number of aromatic nitrogens is 3. The van der Waals surface area contributed by atoms with Crippen molar-refractivity contribution in [1.29, 1.82) is 0 Å². The van der Waals surface area contributed by atoms with E-state index in [1.54, 1.807) is 17.9 Å². The van der Waals surface area contributed by atoms with Gasteiger partial charge < -0.3 is 5.73 Å². The van der Waals surface area contributed by atoms with Crippen molar-refractivity contribution in [2.24, 2.45) is 18.7 Å². The van der Waals surface area contributed by atoms with Crippen LogP contribution in [0.4, 0.5) is 0 Å². The fourth-order valence-corrected chi connectivity index (χ4v) is 2.14. The van der Waals surface area contributed by atoms with Crippen LogP contribution in [0.5, 0.6) is 0 Å². The van der Waals surface area contributed by atoms with Gasteiger partial charge in [-0.05, 0) is 18.8 Å². The molecule has 0 aromatic carbocycles. The summed E-state index contributed by atoms with van der Waals surface area (Å²) >= 11 is 0. The zero-order valence-electron chi connectivity index (χ0n) is 8.89. The number of rotatable bonds is 3. The van der Waals surface area contributed by atoms with Crippen molar-refractivity contribution in [2.75, 3.05) is 0 Å². The highest BCUT2D eigenvalue weighted by molar-refractivity contribution is 5.94. The Balaban J connectivity index is 1.97. The molecule has 5 heteroatoms. The molecule has 0 bridgehead atoms. The van der Waals surface area contributed by atoms with Crippen LogP contribution in [0.3, 0.4) is 0 Å². The summed E-state index contributed by atoms with van der Waals surface area (Å²) in [5.74, 6) is 0.393. The molecule has 5 nitrogen and oxygen atoms in total. The van der Waals surface area contributed by atoms with Gasteiger partial charge in [0, 0.05) is 19.5 Å². The predicted molar refractivity (Wildman–Crippen MR) is 55.3 cm³/mol. The van der Waals surface area contributed by atoms with Gasteiger partial charge in [-0.15, -0.1) is 5.10 Å². The summed E-state index contributed by atoms with van der Waals surface area (Å²) in [4.78, 5) is 11.8. The Bertz CT molecular complexity index is 360. The molecule has 0 amide bonds. The van der Waals surface area contributed by atoms with E-state index in [1.165, 1.54) is 0 Å². The number of hydrogen-bond acceptors (Lipinski definition) is 4. The first-order valence-corrected chi connectivity index (χ1v) is 5.32. The molecule has 0 aliphatic heterocycles. The van der Waals surface area contributed by atoms with Gasteiger partial charge in [-0.2, -0.15) is 0 Å². The summed E-state index contributed by atoms with van der Waals surface area (Å²) in [7, 11) is 1.76. The topological polar surface area (TPSA) is 73.8 Å². The molecule has 1 heterocycles. The van der Waals surface area contributed by atoms with Crippen molar-refractivity contribution in [1.82, 2.24) is 15.0 Å². The van der Waals surface area contributed by atoms with Crippen LogP contribution in [0, 0.1) is 5.92 Å².